The van der Waals surface area contributed by atoms with Crippen molar-refractivity contribution in [3.63, 3.8) is 0 Å². The molecule has 1 aromatic heterocycles. The highest BCUT2D eigenvalue weighted by molar-refractivity contribution is 7.22. The van der Waals surface area contributed by atoms with Crippen LogP contribution in [0.4, 0.5) is 5.13 Å². The standard InChI is InChI=1S/C26H26N2O4S/c1-16-10-11-21(30-2)23-24(16)33-26(27-23)28(15-19-9-6-12-32-19)25(29)20-13-17-7-4-5-8-18(17)14-22(20)31-3/h4-5,7-8,10-11,13-14,19H,6,9,12,15H2,1-3H3. The lowest BCUT2D eigenvalue weighted by atomic mass is 10.0. The number of hydrogen-bond donors (Lipinski definition) is 0. The largest absolute Gasteiger partial charge is 0.496 e. The fourth-order valence-corrected chi connectivity index (χ4v) is 5.38. The lowest BCUT2D eigenvalue weighted by Gasteiger charge is -2.24. The van der Waals surface area contributed by atoms with Gasteiger partial charge in [-0.3, -0.25) is 9.69 Å². The highest BCUT2D eigenvalue weighted by Crippen LogP contribution is 2.38. The number of fused-ring (bicyclic) bond motifs is 2. The average molecular weight is 463 g/mol. The van der Waals surface area contributed by atoms with Crippen LogP contribution in [-0.2, 0) is 4.74 Å². The van der Waals surface area contributed by atoms with Crippen molar-refractivity contribution in [2.45, 2.75) is 25.9 Å². The predicted octanol–water partition coefficient (Wildman–Crippen LogP) is 5.60. The van der Waals surface area contributed by atoms with E-state index >= 15 is 0 Å². The van der Waals surface area contributed by atoms with Crippen LogP contribution < -0.4 is 14.4 Å². The van der Waals surface area contributed by atoms with Crippen LogP contribution in [0, 0.1) is 6.92 Å². The van der Waals surface area contributed by atoms with Gasteiger partial charge >= 0.3 is 0 Å². The fourth-order valence-electron chi connectivity index (χ4n) is 4.32. The summed E-state index contributed by atoms with van der Waals surface area (Å²) in [7, 11) is 3.23. The Morgan fingerprint density at radius 3 is 2.58 bits per heavy atom. The molecule has 0 N–H and O–H groups in total. The average Bonchev–Trinajstić information content (AvgIpc) is 3.52. The minimum Gasteiger partial charge on any atom is -0.496 e. The number of aryl methyl sites for hydroxylation is 1. The summed E-state index contributed by atoms with van der Waals surface area (Å²) in [5.41, 5.74) is 2.38. The van der Waals surface area contributed by atoms with Crippen molar-refractivity contribution in [1.29, 1.82) is 0 Å². The van der Waals surface area contributed by atoms with Gasteiger partial charge in [-0.25, -0.2) is 4.98 Å². The molecule has 6 nitrogen and oxygen atoms in total. The number of rotatable bonds is 6. The van der Waals surface area contributed by atoms with Crippen molar-refractivity contribution in [1.82, 2.24) is 4.98 Å². The molecule has 5 rings (SSSR count). The van der Waals surface area contributed by atoms with Gasteiger partial charge in [-0.15, -0.1) is 0 Å². The Morgan fingerprint density at radius 2 is 1.88 bits per heavy atom. The van der Waals surface area contributed by atoms with Crippen molar-refractivity contribution in [2.75, 3.05) is 32.3 Å². The third-order valence-corrected chi connectivity index (χ3v) is 7.31. The number of methoxy groups -OCH3 is 2. The second-order valence-electron chi connectivity index (χ2n) is 8.21. The molecule has 1 aliphatic heterocycles. The Bertz CT molecular complexity index is 1330. The zero-order chi connectivity index (χ0) is 22.9. The smallest absolute Gasteiger partial charge is 0.263 e. The molecule has 2 heterocycles. The van der Waals surface area contributed by atoms with E-state index in [2.05, 4.69) is 0 Å². The summed E-state index contributed by atoms with van der Waals surface area (Å²) in [6.07, 6.45) is 1.90. The number of benzene rings is 3. The molecule has 1 saturated heterocycles. The molecule has 1 unspecified atom stereocenters. The van der Waals surface area contributed by atoms with E-state index in [1.807, 2.05) is 55.5 Å². The highest BCUT2D eigenvalue weighted by atomic mass is 32.1. The summed E-state index contributed by atoms with van der Waals surface area (Å²) < 4.78 is 18.1. The van der Waals surface area contributed by atoms with E-state index in [9.17, 15) is 4.79 Å². The molecule has 1 fully saturated rings. The summed E-state index contributed by atoms with van der Waals surface area (Å²) in [6.45, 7) is 3.21. The van der Waals surface area contributed by atoms with E-state index in [0.29, 0.717) is 28.7 Å². The molecule has 0 saturated carbocycles. The fraction of sp³-hybridized carbons (Fsp3) is 0.308. The first-order chi connectivity index (χ1) is 16.1. The second kappa shape index (κ2) is 9.00. The molecule has 0 radical (unpaired) electrons. The summed E-state index contributed by atoms with van der Waals surface area (Å²) in [6, 6.07) is 15.7. The van der Waals surface area contributed by atoms with E-state index in [4.69, 9.17) is 19.2 Å². The number of anilines is 1. The zero-order valence-electron chi connectivity index (χ0n) is 19.0. The molecule has 4 aromatic rings. The predicted molar refractivity (Wildman–Crippen MR) is 132 cm³/mol. The van der Waals surface area contributed by atoms with E-state index < -0.39 is 0 Å². The Balaban J connectivity index is 1.63. The maximum absolute atomic E-state index is 14.0. The van der Waals surface area contributed by atoms with E-state index in [0.717, 1.165) is 46.0 Å². The van der Waals surface area contributed by atoms with Crippen LogP contribution in [0.3, 0.4) is 0 Å². The van der Waals surface area contributed by atoms with Gasteiger partial charge in [-0.1, -0.05) is 41.7 Å². The number of thiazole rings is 1. The number of carbonyl (C=O) groups is 1. The summed E-state index contributed by atoms with van der Waals surface area (Å²) in [4.78, 5) is 20.6. The normalized spacial score (nSPS) is 15.8. The summed E-state index contributed by atoms with van der Waals surface area (Å²) in [5.74, 6) is 1.10. The molecule has 33 heavy (non-hydrogen) atoms. The van der Waals surface area contributed by atoms with Crippen LogP contribution in [0.2, 0.25) is 0 Å². The lowest BCUT2D eigenvalue weighted by molar-refractivity contribution is 0.0915. The number of hydrogen-bond acceptors (Lipinski definition) is 6. The Hall–Kier alpha value is -3.16. The lowest BCUT2D eigenvalue weighted by Crippen LogP contribution is -2.37. The monoisotopic (exact) mass is 462 g/mol. The van der Waals surface area contributed by atoms with Gasteiger partial charge < -0.3 is 14.2 Å². The number of nitrogens with zero attached hydrogens (tertiary/aromatic N) is 2. The van der Waals surface area contributed by atoms with Crippen LogP contribution in [0.5, 0.6) is 11.5 Å². The van der Waals surface area contributed by atoms with Crippen LogP contribution in [0.1, 0.15) is 28.8 Å². The van der Waals surface area contributed by atoms with Crippen LogP contribution in [0.15, 0.2) is 48.5 Å². The van der Waals surface area contributed by atoms with Crippen molar-refractivity contribution < 1.29 is 19.0 Å². The Labute approximate surface area is 196 Å². The maximum Gasteiger partial charge on any atom is 0.263 e. The first kappa shape index (κ1) is 21.7. The van der Waals surface area contributed by atoms with Gasteiger partial charge in [0.05, 0.1) is 37.1 Å². The molecular weight excluding hydrogens is 436 g/mol. The molecule has 7 heteroatoms. The van der Waals surface area contributed by atoms with Gasteiger partial charge in [-0.2, -0.15) is 0 Å². The number of carbonyl (C=O) groups excluding carboxylic acids is 1. The van der Waals surface area contributed by atoms with Gasteiger partial charge in [0.15, 0.2) is 5.13 Å². The van der Waals surface area contributed by atoms with Gasteiger partial charge in [0.1, 0.15) is 17.0 Å². The second-order valence-corrected chi connectivity index (χ2v) is 9.19. The molecule has 0 aliphatic carbocycles. The maximum atomic E-state index is 14.0. The summed E-state index contributed by atoms with van der Waals surface area (Å²) in [5, 5.41) is 2.64. The topological polar surface area (TPSA) is 60.9 Å². The van der Waals surface area contributed by atoms with Crippen molar-refractivity contribution in [2.24, 2.45) is 0 Å². The zero-order valence-corrected chi connectivity index (χ0v) is 19.8. The minimum absolute atomic E-state index is 0.0181. The molecule has 0 bridgehead atoms. The number of ether oxygens (including phenoxy) is 3. The van der Waals surface area contributed by atoms with Crippen molar-refractivity contribution in [3.8, 4) is 11.5 Å². The van der Waals surface area contributed by atoms with Gasteiger partial charge in [0.2, 0.25) is 0 Å². The van der Waals surface area contributed by atoms with E-state index in [1.165, 1.54) is 11.3 Å². The van der Waals surface area contributed by atoms with E-state index in [1.54, 1.807) is 19.1 Å². The molecule has 1 amide bonds. The third-order valence-electron chi connectivity index (χ3n) is 6.10. The third kappa shape index (κ3) is 4.03. The first-order valence-corrected chi connectivity index (χ1v) is 11.8. The Kier molecular flexibility index (Phi) is 5.91. The number of aromatic nitrogens is 1. The Morgan fingerprint density at radius 1 is 1.12 bits per heavy atom. The van der Waals surface area contributed by atoms with Crippen molar-refractivity contribution in [3.05, 3.63) is 59.7 Å². The first-order valence-electron chi connectivity index (χ1n) is 11.0. The van der Waals surface area contributed by atoms with Crippen LogP contribution in [-0.4, -0.2) is 44.4 Å². The van der Waals surface area contributed by atoms with Crippen LogP contribution >= 0.6 is 11.3 Å². The molecule has 3 aromatic carbocycles. The molecule has 0 spiro atoms. The van der Waals surface area contributed by atoms with Crippen LogP contribution in [0.25, 0.3) is 21.0 Å². The van der Waals surface area contributed by atoms with E-state index in [-0.39, 0.29) is 12.0 Å². The minimum atomic E-state index is -0.149. The van der Waals surface area contributed by atoms with Gasteiger partial charge in [0, 0.05) is 6.61 Å². The van der Waals surface area contributed by atoms with Gasteiger partial charge in [-0.05, 0) is 54.3 Å². The molecular formula is C26H26N2O4S. The molecule has 1 atom stereocenters. The quantitative estimate of drug-likeness (QED) is 0.373. The molecule has 1 aliphatic rings. The van der Waals surface area contributed by atoms with Crippen molar-refractivity contribution >= 4 is 43.4 Å². The SMILES string of the molecule is COc1cc2ccccc2cc1C(=O)N(CC1CCCO1)c1nc2c(OC)ccc(C)c2s1. The number of amides is 1. The summed E-state index contributed by atoms with van der Waals surface area (Å²) >= 11 is 1.50. The molecule has 170 valence electrons. The highest BCUT2D eigenvalue weighted by Gasteiger charge is 2.29. The van der Waals surface area contributed by atoms with Gasteiger partial charge in [0.25, 0.3) is 5.91 Å².